The number of halogens is 2. The summed E-state index contributed by atoms with van der Waals surface area (Å²) >= 11 is 0. The van der Waals surface area contributed by atoms with Gasteiger partial charge >= 0.3 is 0 Å². The van der Waals surface area contributed by atoms with Gasteiger partial charge in [-0.05, 0) is 66.8 Å². The van der Waals surface area contributed by atoms with Crippen LogP contribution in [0.25, 0.3) is 0 Å². The van der Waals surface area contributed by atoms with Gasteiger partial charge < -0.3 is 71.5 Å². The van der Waals surface area contributed by atoms with Crippen LogP contribution in [-0.2, 0) is 40.6 Å². The van der Waals surface area contributed by atoms with E-state index in [-0.39, 0.29) is 128 Å². The quantitative estimate of drug-likeness (QED) is 0.0784. The normalized spacial score (nSPS) is 21.1. The number of aromatic nitrogens is 2. The van der Waals surface area contributed by atoms with Crippen molar-refractivity contribution in [2.24, 2.45) is 49.9 Å². The fourth-order valence-corrected chi connectivity index (χ4v) is 16.5. The first-order valence-electron chi connectivity index (χ1n) is 46.8. The monoisotopic (exact) mass is 1790 g/mol. The standard InChI is InChI=1S/3C16H24N2O.2C15H21FN2O.C13H22N4O.C13H21N3O/c3*1-12-5-7-13(8-6-12)14-11-18(10-9-17-14)15(19)16(2,3)4;1-15(2,3)14(19)18-8-7-17-13(10-18)11-5-4-6-12(16)9-11;1-15(2,3)14(19)18-9-8-17-13(10-18)11-6-4-5-7-12(11)16;1-13(2,3)12(18)17-6-5-14-11(9-17)10-7-15-16(4)8-10;1-13(2,3)12(17)16-7-6-15-11(9-16)10-4-5-14-8-10/h3*5-8,14,17H,9-11H2,1-4H3;4-6,9,13,17H,7-8,10H2,1-3H3;4-7,13,17H,8-10H2,1-3H3;7-8,11,14H,5-6,9H2,1-4H3;4,8,11,15H,5-7,9H2,1-3H3. The molecule has 7 atom stereocenters. The third-order valence-corrected chi connectivity index (χ3v) is 23.9. The van der Waals surface area contributed by atoms with Gasteiger partial charge in [-0.3, -0.25) is 43.2 Å². The predicted octanol–water partition coefficient (Wildman–Crippen LogP) is 14.0. The number of amides is 7. The Balaban J connectivity index is 0.000000187. The predicted molar refractivity (Wildman–Crippen MR) is 519 cm³/mol. The zero-order valence-corrected chi connectivity index (χ0v) is 83.0. The molecular formula is C104H157F2N17O7. The molecule has 714 valence electrons. The van der Waals surface area contributed by atoms with Crippen LogP contribution in [0, 0.1) is 70.3 Å². The molecule has 8 aliphatic rings. The van der Waals surface area contributed by atoms with Crippen LogP contribution in [0.4, 0.5) is 8.78 Å². The number of nitrogens with one attached hydrogen (secondary N) is 7. The summed E-state index contributed by atoms with van der Waals surface area (Å²) in [4.78, 5) is 104. The van der Waals surface area contributed by atoms with Gasteiger partial charge in [-0.1, -0.05) is 271 Å². The molecule has 1 aromatic heterocycles. The number of carbonyl (C=O) groups excluding carboxylic acids is 7. The van der Waals surface area contributed by atoms with E-state index in [9.17, 15) is 42.3 Å². The molecular weight excluding hydrogens is 1640 g/mol. The third-order valence-electron chi connectivity index (χ3n) is 23.9. The highest BCUT2D eigenvalue weighted by Gasteiger charge is 2.39. The van der Waals surface area contributed by atoms with E-state index >= 15 is 0 Å². The molecule has 0 spiro atoms. The van der Waals surface area contributed by atoms with Crippen molar-refractivity contribution in [1.82, 2.24) is 81.3 Å². The van der Waals surface area contributed by atoms with E-state index in [2.05, 4.69) is 147 Å². The Morgan fingerprint density at radius 2 is 0.592 bits per heavy atom. The van der Waals surface area contributed by atoms with Gasteiger partial charge in [-0.15, -0.1) is 0 Å². The van der Waals surface area contributed by atoms with E-state index in [0.29, 0.717) is 38.3 Å². The van der Waals surface area contributed by atoms with E-state index < -0.39 is 5.41 Å². The smallest absolute Gasteiger partial charge is 0.228 e. The van der Waals surface area contributed by atoms with Crippen molar-refractivity contribution in [2.75, 3.05) is 144 Å². The molecule has 0 saturated carbocycles. The first-order chi connectivity index (χ1) is 60.8. The average Bonchev–Trinajstić information content (AvgIpc) is 1.21. The number of piperazine rings is 7. The summed E-state index contributed by atoms with van der Waals surface area (Å²) in [6.07, 6.45) is 7.91. The Labute approximate surface area is 776 Å². The number of aliphatic imine (C=N–C) groups is 1. The maximum absolute atomic E-state index is 13.8. The summed E-state index contributed by atoms with van der Waals surface area (Å²) in [6, 6.07) is 40.1. The Morgan fingerprint density at radius 1 is 0.323 bits per heavy atom. The summed E-state index contributed by atoms with van der Waals surface area (Å²) in [5.41, 5.74) is 9.22. The summed E-state index contributed by atoms with van der Waals surface area (Å²) in [7, 11) is 1.91. The number of hydrogen-bond donors (Lipinski definition) is 7. The van der Waals surface area contributed by atoms with Crippen LogP contribution in [0.1, 0.15) is 232 Å². The molecule has 6 aromatic rings. The second kappa shape index (κ2) is 46.8. The number of aryl methyl sites for hydroxylation is 4. The highest BCUT2D eigenvalue weighted by Crippen LogP contribution is 2.32. The molecule has 26 heteroatoms. The maximum Gasteiger partial charge on any atom is 0.228 e. The van der Waals surface area contributed by atoms with Gasteiger partial charge in [0.2, 0.25) is 41.4 Å². The lowest BCUT2D eigenvalue weighted by molar-refractivity contribution is -0.141. The van der Waals surface area contributed by atoms with Crippen LogP contribution < -0.4 is 37.2 Å². The Bertz CT molecular complexity index is 4520. The fourth-order valence-electron chi connectivity index (χ4n) is 16.5. The zero-order chi connectivity index (χ0) is 96.0. The second-order valence-corrected chi connectivity index (χ2v) is 43.0. The number of carbonyl (C=O) groups is 7. The molecule has 24 nitrogen and oxygen atoms in total. The topological polar surface area (TPSA) is 257 Å². The maximum atomic E-state index is 13.8. The van der Waals surface area contributed by atoms with Crippen LogP contribution in [0.15, 0.2) is 150 Å². The van der Waals surface area contributed by atoms with Crippen molar-refractivity contribution < 1.29 is 42.3 Å². The number of nitrogens with zero attached hydrogens (tertiary/aromatic N) is 10. The second-order valence-electron chi connectivity index (χ2n) is 43.0. The van der Waals surface area contributed by atoms with Crippen molar-refractivity contribution in [1.29, 1.82) is 0 Å². The van der Waals surface area contributed by atoms with E-state index in [1.54, 1.807) is 22.9 Å². The van der Waals surface area contributed by atoms with Crippen molar-refractivity contribution >= 4 is 47.6 Å². The fraction of sp³-hybridized carbons (Fsp3) is 0.587. The lowest BCUT2D eigenvalue weighted by Crippen LogP contribution is -2.55. The Hall–Kier alpha value is -9.41. The summed E-state index contributed by atoms with van der Waals surface area (Å²) in [5.74, 6) is 0.995. The average molecular weight is 1800 g/mol. The van der Waals surface area contributed by atoms with E-state index in [4.69, 9.17) is 0 Å². The first kappa shape index (κ1) is 106. The minimum Gasteiger partial charge on any atom is -0.339 e. The molecule has 0 radical (unpaired) electrons. The summed E-state index contributed by atoms with van der Waals surface area (Å²) in [6.45, 7) is 64.2. The van der Waals surface area contributed by atoms with Gasteiger partial charge in [0.15, 0.2) is 0 Å². The largest absolute Gasteiger partial charge is 0.339 e. The molecule has 7 N–H and O–H groups in total. The van der Waals surface area contributed by atoms with Gasteiger partial charge in [-0.25, -0.2) is 8.78 Å². The molecule has 7 amide bonds. The Morgan fingerprint density at radius 3 is 0.862 bits per heavy atom. The zero-order valence-electron chi connectivity index (χ0n) is 83.0. The van der Waals surface area contributed by atoms with Gasteiger partial charge in [0, 0.05) is 224 Å². The van der Waals surface area contributed by atoms with Crippen molar-refractivity contribution in [3.8, 4) is 0 Å². The highest BCUT2D eigenvalue weighted by atomic mass is 19.1. The van der Waals surface area contributed by atoms with Crippen LogP contribution in [0.5, 0.6) is 0 Å². The molecule has 9 heterocycles. The summed E-state index contributed by atoms with van der Waals surface area (Å²) < 4.78 is 28.8. The van der Waals surface area contributed by atoms with Gasteiger partial charge in [0.25, 0.3) is 0 Å². The molecule has 5 aromatic carbocycles. The van der Waals surface area contributed by atoms with Crippen LogP contribution in [0.2, 0.25) is 0 Å². The van der Waals surface area contributed by atoms with Crippen LogP contribution >= 0.6 is 0 Å². The van der Waals surface area contributed by atoms with Gasteiger partial charge in [0.1, 0.15) is 11.6 Å². The van der Waals surface area contributed by atoms with Crippen molar-refractivity contribution in [3.63, 3.8) is 0 Å². The molecule has 7 unspecified atom stereocenters. The van der Waals surface area contributed by atoms with Crippen molar-refractivity contribution in [2.45, 2.75) is 208 Å². The van der Waals surface area contributed by atoms with Gasteiger partial charge in [-0.2, -0.15) is 5.10 Å². The van der Waals surface area contributed by atoms with Gasteiger partial charge in [0.05, 0.1) is 36.9 Å². The van der Waals surface area contributed by atoms with E-state index in [1.165, 1.54) is 57.2 Å². The molecule has 0 aliphatic carbocycles. The first-order valence-corrected chi connectivity index (χ1v) is 46.8. The van der Waals surface area contributed by atoms with Crippen LogP contribution in [0.3, 0.4) is 0 Å². The van der Waals surface area contributed by atoms with Crippen LogP contribution in [-0.4, -0.2) is 242 Å². The molecule has 0 bridgehead atoms. The van der Waals surface area contributed by atoms with E-state index in [0.717, 1.165) is 122 Å². The molecule has 7 saturated heterocycles. The molecule has 130 heavy (non-hydrogen) atoms. The lowest BCUT2D eigenvalue weighted by Gasteiger charge is -2.37. The summed E-state index contributed by atoms with van der Waals surface area (Å²) in [5, 5.41) is 28.2. The number of rotatable bonds is 7. The third kappa shape index (κ3) is 32.2. The lowest BCUT2D eigenvalue weighted by atomic mass is 9.93. The number of hydrogen-bond acceptors (Lipinski definition) is 16. The molecule has 8 aliphatic heterocycles. The van der Waals surface area contributed by atoms with E-state index in [1.807, 2.05) is 217 Å². The highest BCUT2D eigenvalue weighted by molar-refractivity contribution is 5.86. The molecule has 14 rings (SSSR count). The SMILES string of the molecule is CC(C)(C)C(=O)N1CCNC(C2=CCN=C2)C1.CC(C)(C)C(=O)N1CCNC(c2cccc(F)c2)C1.CC(C)(C)C(=O)N1CCNC(c2ccccc2F)C1.Cc1ccc(C2CN(C(=O)C(C)(C)C)CCN2)cc1.Cc1ccc(C2CN(C(=O)C(C)(C)C)CCN2)cc1.Cc1ccc(C2CN(C(=O)C(C)(C)C)CCN2)cc1.Cn1cc(C2CN(C(=O)C(C)(C)C)CCN2)cn1. The Kier molecular flexibility index (Phi) is 38.1. The number of benzene rings is 5. The minimum atomic E-state index is -0.392. The van der Waals surface area contributed by atoms with Crippen molar-refractivity contribution in [3.05, 3.63) is 207 Å². The molecule has 7 fully saturated rings. The minimum absolute atomic E-state index is 0.00995.